The maximum absolute atomic E-state index is 12.8. The van der Waals surface area contributed by atoms with Crippen molar-refractivity contribution in [2.75, 3.05) is 0 Å². The third kappa shape index (κ3) is 1.14. The molecule has 1 aromatic heterocycles. The third-order valence-corrected chi connectivity index (χ3v) is 1.76. The van der Waals surface area contributed by atoms with E-state index in [1.54, 1.807) is 0 Å². The summed E-state index contributed by atoms with van der Waals surface area (Å²) in [5.74, 6) is -1.60. The molecule has 1 aromatic carbocycles. The van der Waals surface area contributed by atoms with Crippen molar-refractivity contribution in [3.8, 4) is 0 Å². The number of benzene rings is 1. The average molecular weight is 180 g/mol. The van der Waals surface area contributed by atoms with Crippen LogP contribution in [0.4, 0.5) is 4.39 Å². The second-order valence-electron chi connectivity index (χ2n) is 2.57. The van der Waals surface area contributed by atoms with Gasteiger partial charge in [-0.2, -0.15) is 9.49 Å². The first kappa shape index (κ1) is 7.72. The summed E-state index contributed by atoms with van der Waals surface area (Å²) < 4.78 is 12.8. The zero-order chi connectivity index (χ0) is 9.42. The van der Waals surface area contributed by atoms with Crippen molar-refractivity contribution in [2.24, 2.45) is 0 Å². The van der Waals surface area contributed by atoms with Crippen molar-refractivity contribution in [3.05, 3.63) is 29.7 Å². The molecule has 66 valence electrons. The maximum atomic E-state index is 12.8. The molecule has 0 atom stereocenters. The lowest BCUT2D eigenvalue weighted by atomic mass is 10.2. The summed E-state index contributed by atoms with van der Waals surface area (Å²) in [6, 6.07) is 4.04. The number of aromatic carboxylic acids is 1. The Balaban J connectivity index is 2.70. The molecule has 0 unspecified atom stereocenters. The Morgan fingerprint density at radius 3 is 3.00 bits per heavy atom. The van der Waals surface area contributed by atoms with E-state index in [-0.39, 0.29) is 5.56 Å². The molecule has 13 heavy (non-hydrogen) atoms. The van der Waals surface area contributed by atoms with Crippen LogP contribution in [0.2, 0.25) is 0 Å². The molecule has 2 N–H and O–H groups in total. The summed E-state index contributed by atoms with van der Waals surface area (Å²) in [6.07, 6.45) is 0. The highest BCUT2D eigenvalue weighted by Crippen LogP contribution is 2.15. The molecule has 0 fully saturated rings. The number of nitrogens with zero attached hydrogens (tertiary/aromatic N) is 1. The first-order chi connectivity index (χ1) is 6.18. The molecule has 0 aliphatic heterocycles. The van der Waals surface area contributed by atoms with Gasteiger partial charge in [0.05, 0.1) is 16.5 Å². The van der Waals surface area contributed by atoms with E-state index in [1.807, 2.05) is 0 Å². The Kier molecular flexibility index (Phi) is 1.51. The first-order valence-electron chi connectivity index (χ1n) is 3.55. The van der Waals surface area contributed by atoms with Crippen molar-refractivity contribution in [3.63, 3.8) is 0 Å². The number of hydrogen-bond donors (Lipinski definition) is 2. The SMILES string of the molecule is O=C(O)c1ccc2c(F)[nH]nc2c1. The largest absolute Gasteiger partial charge is 0.478 e. The lowest BCUT2D eigenvalue weighted by molar-refractivity contribution is 0.0697. The Hall–Kier alpha value is -1.91. The van der Waals surface area contributed by atoms with Gasteiger partial charge in [0.25, 0.3) is 0 Å². The van der Waals surface area contributed by atoms with Gasteiger partial charge in [0.15, 0.2) is 0 Å². The molecule has 0 saturated heterocycles. The Bertz CT molecular complexity index is 478. The summed E-state index contributed by atoms with van der Waals surface area (Å²) in [4.78, 5) is 10.5. The number of carbonyl (C=O) groups is 1. The van der Waals surface area contributed by atoms with Gasteiger partial charge in [0, 0.05) is 0 Å². The second kappa shape index (κ2) is 2.55. The topological polar surface area (TPSA) is 66.0 Å². The molecule has 1 heterocycles. The molecule has 2 aromatic rings. The quantitative estimate of drug-likeness (QED) is 0.697. The van der Waals surface area contributed by atoms with Crippen LogP contribution < -0.4 is 0 Å². The molecule has 0 aliphatic rings. The van der Waals surface area contributed by atoms with Gasteiger partial charge < -0.3 is 5.11 Å². The molecule has 0 spiro atoms. The van der Waals surface area contributed by atoms with Gasteiger partial charge in [-0.05, 0) is 18.2 Å². The average Bonchev–Trinajstić information content (AvgIpc) is 2.47. The van der Waals surface area contributed by atoms with Crippen LogP contribution in [0.25, 0.3) is 10.9 Å². The van der Waals surface area contributed by atoms with E-state index in [2.05, 4.69) is 10.2 Å². The number of carboxylic acid groups (broad SMARTS) is 1. The van der Waals surface area contributed by atoms with E-state index in [4.69, 9.17) is 5.11 Å². The lowest BCUT2D eigenvalue weighted by Gasteiger charge is -1.92. The molecule has 0 amide bonds. The highest BCUT2D eigenvalue weighted by molar-refractivity contribution is 5.92. The number of halogens is 1. The van der Waals surface area contributed by atoms with Crippen molar-refractivity contribution < 1.29 is 14.3 Å². The fraction of sp³-hybridized carbons (Fsp3) is 0. The number of fused-ring (bicyclic) bond motifs is 1. The predicted molar refractivity (Wildman–Crippen MR) is 43.0 cm³/mol. The number of aromatic amines is 1. The number of rotatable bonds is 1. The Labute approximate surface area is 72.0 Å². The highest BCUT2D eigenvalue weighted by atomic mass is 19.1. The van der Waals surface area contributed by atoms with Crippen molar-refractivity contribution in [1.82, 2.24) is 10.2 Å². The number of carboxylic acids is 1. The lowest BCUT2D eigenvalue weighted by Crippen LogP contribution is -1.94. The van der Waals surface area contributed by atoms with Gasteiger partial charge in [-0.25, -0.2) is 4.79 Å². The maximum Gasteiger partial charge on any atom is 0.335 e. The Morgan fingerprint density at radius 1 is 1.54 bits per heavy atom. The number of hydrogen-bond acceptors (Lipinski definition) is 2. The number of H-pyrrole nitrogens is 1. The fourth-order valence-corrected chi connectivity index (χ4v) is 1.11. The molecule has 0 bridgehead atoms. The van der Waals surface area contributed by atoms with Gasteiger partial charge in [-0.3, -0.25) is 5.10 Å². The minimum atomic E-state index is -1.05. The van der Waals surface area contributed by atoms with Crippen molar-refractivity contribution >= 4 is 16.9 Å². The van der Waals surface area contributed by atoms with E-state index >= 15 is 0 Å². The number of nitrogens with one attached hydrogen (secondary N) is 1. The van der Waals surface area contributed by atoms with Crippen LogP contribution in [0.5, 0.6) is 0 Å². The highest BCUT2D eigenvalue weighted by Gasteiger charge is 2.08. The predicted octanol–water partition coefficient (Wildman–Crippen LogP) is 1.40. The van der Waals surface area contributed by atoms with Crippen LogP contribution in [0.3, 0.4) is 0 Å². The van der Waals surface area contributed by atoms with E-state index in [1.165, 1.54) is 18.2 Å². The van der Waals surface area contributed by atoms with E-state index in [0.29, 0.717) is 10.9 Å². The van der Waals surface area contributed by atoms with E-state index in [0.717, 1.165) is 0 Å². The van der Waals surface area contributed by atoms with Crippen LogP contribution in [0.1, 0.15) is 10.4 Å². The minimum Gasteiger partial charge on any atom is -0.478 e. The minimum absolute atomic E-state index is 0.0963. The van der Waals surface area contributed by atoms with E-state index in [9.17, 15) is 9.18 Å². The number of aromatic nitrogens is 2. The van der Waals surface area contributed by atoms with Crippen LogP contribution in [0, 0.1) is 5.95 Å². The van der Waals surface area contributed by atoms with Crippen LogP contribution in [-0.2, 0) is 0 Å². The standard InChI is InChI=1S/C8H5FN2O2/c9-7-5-2-1-4(8(12)13)3-6(5)10-11-7/h1-3H,(H,10,11)(H,12,13). The normalized spacial score (nSPS) is 10.5. The fourth-order valence-electron chi connectivity index (χ4n) is 1.11. The van der Waals surface area contributed by atoms with Crippen LogP contribution >= 0.6 is 0 Å². The summed E-state index contributed by atoms with van der Waals surface area (Å²) in [5, 5.41) is 14.6. The molecular weight excluding hydrogens is 175 g/mol. The third-order valence-electron chi connectivity index (χ3n) is 1.76. The molecule has 4 nitrogen and oxygen atoms in total. The Morgan fingerprint density at radius 2 is 2.31 bits per heavy atom. The van der Waals surface area contributed by atoms with Gasteiger partial charge in [-0.1, -0.05) is 0 Å². The summed E-state index contributed by atoms with van der Waals surface area (Å²) in [5.41, 5.74) is 0.413. The first-order valence-corrected chi connectivity index (χ1v) is 3.55. The van der Waals surface area contributed by atoms with Crippen LogP contribution in [-0.4, -0.2) is 21.3 Å². The summed E-state index contributed by atoms with van der Waals surface area (Å²) in [7, 11) is 0. The second-order valence-corrected chi connectivity index (χ2v) is 2.57. The molecule has 0 aliphatic carbocycles. The monoisotopic (exact) mass is 180 g/mol. The van der Waals surface area contributed by atoms with Crippen molar-refractivity contribution in [2.45, 2.75) is 0 Å². The van der Waals surface area contributed by atoms with Gasteiger partial charge in [-0.15, -0.1) is 0 Å². The zero-order valence-corrected chi connectivity index (χ0v) is 6.41. The van der Waals surface area contributed by atoms with Crippen molar-refractivity contribution in [1.29, 1.82) is 0 Å². The van der Waals surface area contributed by atoms with Gasteiger partial charge in [0.2, 0.25) is 5.95 Å². The molecule has 5 heteroatoms. The zero-order valence-electron chi connectivity index (χ0n) is 6.41. The smallest absolute Gasteiger partial charge is 0.335 e. The van der Waals surface area contributed by atoms with Gasteiger partial charge in [0.1, 0.15) is 0 Å². The summed E-state index contributed by atoms with van der Waals surface area (Å²) >= 11 is 0. The molecule has 2 rings (SSSR count). The summed E-state index contributed by atoms with van der Waals surface area (Å²) in [6.45, 7) is 0. The molecule has 0 saturated carbocycles. The van der Waals surface area contributed by atoms with Crippen LogP contribution in [0.15, 0.2) is 18.2 Å². The van der Waals surface area contributed by atoms with E-state index < -0.39 is 11.9 Å². The van der Waals surface area contributed by atoms with Gasteiger partial charge >= 0.3 is 5.97 Å². The molecular formula is C8H5FN2O2. The molecule has 0 radical (unpaired) electrons.